The molecule has 0 aliphatic carbocycles. The van der Waals surface area contributed by atoms with E-state index in [9.17, 15) is 4.79 Å². The molecular weight excluding hydrogens is 252 g/mol. The number of hydrogen-bond acceptors (Lipinski definition) is 3. The maximum atomic E-state index is 11.5. The van der Waals surface area contributed by atoms with Crippen molar-refractivity contribution >= 4 is 6.09 Å². The van der Waals surface area contributed by atoms with E-state index in [4.69, 9.17) is 10.5 Å². The number of carbonyl (C=O) groups is 1. The number of carbonyl (C=O) groups excluding carboxylic acids is 1. The molecule has 1 aromatic rings. The van der Waals surface area contributed by atoms with Gasteiger partial charge in [0.15, 0.2) is 0 Å². The van der Waals surface area contributed by atoms with Crippen molar-refractivity contribution in [1.29, 1.82) is 0 Å². The molecular formula is C16H26N2O2. The molecule has 112 valence electrons. The van der Waals surface area contributed by atoms with Gasteiger partial charge in [0.25, 0.3) is 0 Å². The first kappa shape index (κ1) is 16.5. The van der Waals surface area contributed by atoms with Gasteiger partial charge in [-0.1, -0.05) is 38.1 Å². The van der Waals surface area contributed by atoms with Crippen LogP contribution in [0.15, 0.2) is 24.3 Å². The predicted octanol–water partition coefficient (Wildman–Crippen LogP) is 3.33. The van der Waals surface area contributed by atoms with Crippen LogP contribution in [0.4, 0.5) is 4.79 Å². The van der Waals surface area contributed by atoms with Crippen molar-refractivity contribution in [2.45, 2.75) is 52.2 Å². The van der Waals surface area contributed by atoms with E-state index in [0.717, 1.165) is 5.56 Å². The molecule has 0 radical (unpaired) electrons. The van der Waals surface area contributed by atoms with Crippen LogP contribution in [0.2, 0.25) is 0 Å². The summed E-state index contributed by atoms with van der Waals surface area (Å²) in [7, 11) is 0. The van der Waals surface area contributed by atoms with Crippen molar-refractivity contribution in [1.82, 2.24) is 5.32 Å². The van der Waals surface area contributed by atoms with Crippen LogP contribution in [-0.4, -0.2) is 18.2 Å². The van der Waals surface area contributed by atoms with Crippen molar-refractivity contribution < 1.29 is 9.53 Å². The van der Waals surface area contributed by atoms with E-state index in [-0.39, 0.29) is 6.04 Å². The zero-order valence-corrected chi connectivity index (χ0v) is 13.1. The molecule has 0 fully saturated rings. The summed E-state index contributed by atoms with van der Waals surface area (Å²) < 4.78 is 5.17. The predicted molar refractivity (Wildman–Crippen MR) is 81.7 cm³/mol. The van der Waals surface area contributed by atoms with Gasteiger partial charge < -0.3 is 15.8 Å². The zero-order chi connectivity index (χ0) is 15.3. The molecule has 0 heterocycles. The number of hydrogen-bond donors (Lipinski definition) is 2. The van der Waals surface area contributed by atoms with Crippen LogP contribution in [0.5, 0.6) is 0 Å². The smallest absolute Gasteiger partial charge is 0.407 e. The van der Waals surface area contributed by atoms with Crippen LogP contribution in [0.25, 0.3) is 0 Å². The highest BCUT2D eigenvalue weighted by Crippen LogP contribution is 2.17. The second-order valence-electron chi connectivity index (χ2n) is 6.31. The van der Waals surface area contributed by atoms with E-state index >= 15 is 0 Å². The minimum Gasteiger partial charge on any atom is -0.444 e. The van der Waals surface area contributed by atoms with Gasteiger partial charge in [0.1, 0.15) is 5.60 Å². The Hall–Kier alpha value is -1.55. The molecule has 0 bridgehead atoms. The number of nitrogens with two attached hydrogens (primary N) is 1. The highest BCUT2D eigenvalue weighted by Gasteiger charge is 2.16. The Bertz CT molecular complexity index is 433. The molecule has 1 unspecified atom stereocenters. The number of amides is 1. The summed E-state index contributed by atoms with van der Waals surface area (Å²) in [5, 5.41) is 2.69. The highest BCUT2D eigenvalue weighted by molar-refractivity contribution is 5.67. The monoisotopic (exact) mass is 278 g/mol. The second-order valence-corrected chi connectivity index (χ2v) is 6.31. The third kappa shape index (κ3) is 5.61. The van der Waals surface area contributed by atoms with Gasteiger partial charge in [0, 0.05) is 12.6 Å². The Labute approximate surface area is 121 Å². The standard InChI is InChI=1S/C16H26N2O2/c1-11(2)12-6-8-13(9-7-12)14(17)10-18-15(19)20-16(3,4)5/h6-9,11,14H,10,17H2,1-5H3,(H,18,19). The van der Waals surface area contributed by atoms with Gasteiger partial charge >= 0.3 is 6.09 Å². The van der Waals surface area contributed by atoms with Gasteiger partial charge in [-0.25, -0.2) is 4.79 Å². The fourth-order valence-electron chi connectivity index (χ4n) is 1.75. The Balaban J connectivity index is 2.50. The lowest BCUT2D eigenvalue weighted by molar-refractivity contribution is 0.0524. The number of nitrogens with one attached hydrogen (secondary N) is 1. The molecule has 0 saturated heterocycles. The van der Waals surface area contributed by atoms with Crippen molar-refractivity contribution in [2.75, 3.05) is 6.54 Å². The molecule has 3 N–H and O–H groups in total. The third-order valence-corrected chi connectivity index (χ3v) is 2.90. The largest absolute Gasteiger partial charge is 0.444 e. The first-order valence-electron chi connectivity index (χ1n) is 7.01. The lowest BCUT2D eigenvalue weighted by Gasteiger charge is -2.21. The summed E-state index contributed by atoms with van der Waals surface area (Å²) in [5.41, 5.74) is 7.85. The number of benzene rings is 1. The fraction of sp³-hybridized carbons (Fsp3) is 0.562. The average molecular weight is 278 g/mol. The molecule has 1 amide bonds. The SMILES string of the molecule is CC(C)c1ccc(C(N)CNC(=O)OC(C)(C)C)cc1. The molecule has 1 aromatic carbocycles. The number of alkyl carbamates (subject to hydrolysis) is 1. The molecule has 0 aliphatic heterocycles. The van der Waals surface area contributed by atoms with Gasteiger partial charge in [0.05, 0.1) is 0 Å². The normalized spacial score (nSPS) is 13.2. The Morgan fingerprint density at radius 1 is 1.20 bits per heavy atom. The molecule has 20 heavy (non-hydrogen) atoms. The Morgan fingerprint density at radius 2 is 1.70 bits per heavy atom. The highest BCUT2D eigenvalue weighted by atomic mass is 16.6. The van der Waals surface area contributed by atoms with E-state index in [1.807, 2.05) is 32.9 Å². The molecule has 0 saturated carbocycles. The van der Waals surface area contributed by atoms with Crippen molar-refractivity contribution in [3.05, 3.63) is 35.4 Å². The molecule has 0 aliphatic rings. The molecule has 4 heteroatoms. The van der Waals surface area contributed by atoms with Crippen molar-refractivity contribution in [3.63, 3.8) is 0 Å². The third-order valence-electron chi connectivity index (χ3n) is 2.90. The number of ether oxygens (including phenoxy) is 1. The van der Waals surface area contributed by atoms with Crippen LogP contribution in [0.1, 0.15) is 57.7 Å². The lowest BCUT2D eigenvalue weighted by Crippen LogP contribution is -2.36. The topological polar surface area (TPSA) is 64.3 Å². The minimum atomic E-state index is -0.493. The summed E-state index contributed by atoms with van der Waals surface area (Å²) in [5.74, 6) is 0.500. The Morgan fingerprint density at radius 3 is 2.15 bits per heavy atom. The van der Waals surface area contributed by atoms with Gasteiger partial charge in [-0.05, 0) is 37.8 Å². The quantitative estimate of drug-likeness (QED) is 0.888. The van der Waals surface area contributed by atoms with Crippen LogP contribution >= 0.6 is 0 Å². The average Bonchev–Trinajstić information content (AvgIpc) is 2.34. The van der Waals surface area contributed by atoms with E-state index < -0.39 is 11.7 Å². The summed E-state index contributed by atoms with van der Waals surface area (Å²) in [6.07, 6.45) is -0.438. The maximum absolute atomic E-state index is 11.5. The fourth-order valence-corrected chi connectivity index (χ4v) is 1.75. The van der Waals surface area contributed by atoms with Crippen LogP contribution in [-0.2, 0) is 4.74 Å². The summed E-state index contributed by atoms with van der Waals surface area (Å²) in [4.78, 5) is 11.5. The van der Waals surface area contributed by atoms with E-state index in [1.54, 1.807) is 0 Å². The molecule has 1 rings (SSSR count). The van der Waals surface area contributed by atoms with Gasteiger partial charge in [0.2, 0.25) is 0 Å². The molecule has 1 atom stereocenters. The number of rotatable bonds is 4. The zero-order valence-electron chi connectivity index (χ0n) is 13.1. The summed E-state index contributed by atoms with van der Waals surface area (Å²) in [6, 6.07) is 7.94. The van der Waals surface area contributed by atoms with Crippen LogP contribution < -0.4 is 11.1 Å². The lowest BCUT2D eigenvalue weighted by atomic mass is 9.99. The Kier molecular flexibility index (Phi) is 5.57. The molecule has 0 spiro atoms. The minimum absolute atomic E-state index is 0.233. The maximum Gasteiger partial charge on any atom is 0.407 e. The molecule has 0 aromatic heterocycles. The summed E-state index contributed by atoms with van der Waals surface area (Å²) in [6.45, 7) is 10.2. The summed E-state index contributed by atoms with van der Waals surface area (Å²) >= 11 is 0. The van der Waals surface area contributed by atoms with Gasteiger partial charge in [-0.3, -0.25) is 0 Å². The first-order valence-corrected chi connectivity index (χ1v) is 7.01. The van der Waals surface area contributed by atoms with Crippen molar-refractivity contribution in [2.24, 2.45) is 5.73 Å². The van der Waals surface area contributed by atoms with Crippen LogP contribution in [0, 0.1) is 0 Å². The van der Waals surface area contributed by atoms with E-state index in [0.29, 0.717) is 12.5 Å². The van der Waals surface area contributed by atoms with E-state index in [1.165, 1.54) is 5.56 Å². The second kappa shape index (κ2) is 6.75. The van der Waals surface area contributed by atoms with Crippen molar-refractivity contribution in [3.8, 4) is 0 Å². The van der Waals surface area contributed by atoms with Gasteiger partial charge in [-0.15, -0.1) is 0 Å². The molecule has 4 nitrogen and oxygen atoms in total. The van der Waals surface area contributed by atoms with Crippen LogP contribution in [0.3, 0.4) is 0 Å². The first-order chi connectivity index (χ1) is 9.19. The van der Waals surface area contributed by atoms with Gasteiger partial charge in [-0.2, -0.15) is 0 Å². The van der Waals surface area contributed by atoms with E-state index in [2.05, 4.69) is 31.3 Å².